The summed E-state index contributed by atoms with van der Waals surface area (Å²) in [5, 5.41) is 0. The van der Waals surface area contributed by atoms with Crippen molar-refractivity contribution in [2.75, 3.05) is 13.1 Å². The summed E-state index contributed by atoms with van der Waals surface area (Å²) in [6.45, 7) is 6.92. The molecule has 0 atom stereocenters. The summed E-state index contributed by atoms with van der Waals surface area (Å²) in [6.07, 6.45) is 2.84. The third-order valence-electron chi connectivity index (χ3n) is 4.66. The zero-order valence-electron chi connectivity index (χ0n) is 12.9. The number of hydrogen-bond donors (Lipinski definition) is 0. The van der Waals surface area contributed by atoms with E-state index in [1.807, 2.05) is 0 Å². The number of rotatable bonds is 4. The highest BCUT2D eigenvalue weighted by atomic mass is 32.2. The molecule has 0 unspecified atom stereocenters. The average Bonchev–Trinajstić information content (AvgIpc) is 2.48. The minimum atomic E-state index is -3.50. The first kappa shape index (κ1) is 16.2. The molecule has 21 heavy (non-hydrogen) atoms. The molecule has 0 amide bonds. The molecule has 5 heteroatoms. The maximum atomic E-state index is 12.7. The number of carbonyl (C=O) groups excluding carboxylic acids is 1. The van der Waals surface area contributed by atoms with Gasteiger partial charge in [0, 0.05) is 18.7 Å². The Bertz CT molecular complexity index is 629. The quantitative estimate of drug-likeness (QED) is 0.803. The smallest absolute Gasteiger partial charge is 0.243 e. The molecule has 1 aliphatic rings. The number of Topliss-reactive ketones (excluding diaryl/α,β-unsaturated/α-hetero) is 1. The Balaban J connectivity index is 2.23. The van der Waals surface area contributed by atoms with Gasteiger partial charge in [-0.3, -0.25) is 4.79 Å². The lowest BCUT2D eigenvalue weighted by molar-refractivity contribution is 0.101. The van der Waals surface area contributed by atoms with E-state index in [0.29, 0.717) is 18.7 Å². The molecule has 0 aliphatic carbocycles. The van der Waals surface area contributed by atoms with Gasteiger partial charge < -0.3 is 0 Å². The number of carbonyl (C=O) groups is 1. The van der Waals surface area contributed by atoms with Gasteiger partial charge in [-0.15, -0.1) is 0 Å². The molecule has 1 aliphatic heterocycles. The second-order valence-corrected chi connectivity index (χ2v) is 8.09. The second-order valence-electron chi connectivity index (χ2n) is 6.15. The van der Waals surface area contributed by atoms with Crippen LogP contribution in [0.4, 0.5) is 0 Å². The molecule has 1 heterocycles. The molecule has 116 valence electrons. The summed E-state index contributed by atoms with van der Waals surface area (Å²) in [5.74, 6) is -0.121. The molecule has 0 aromatic heterocycles. The lowest BCUT2D eigenvalue weighted by Crippen LogP contribution is -2.41. The van der Waals surface area contributed by atoms with E-state index in [2.05, 4.69) is 13.8 Å². The zero-order valence-corrected chi connectivity index (χ0v) is 13.7. The molecule has 1 saturated heterocycles. The Morgan fingerprint density at radius 3 is 2.43 bits per heavy atom. The molecule has 0 bridgehead atoms. The van der Waals surface area contributed by atoms with E-state index in [4.69, 9.17) is 0 Å². The van der Waals surface area contributed by atoms with Crippen LogP contribution in [0.15, 0.2) is 29.2 Å². The third-order valence-corrected chi connectivity index (χ3v) is 6.56. The Morgan fingerprint density at radius 2 is 1.90 bits per heavy atom. The largest absolute Gasteiger partial charge is 0.295 e. The molecule has 0 radical (unpaired) electrons. The number of hydrogen-bond acceptors (Lipinski definition) is 3. The number of benzene rings is 1. The lowest BCUT2D eigenvalue weighted by atomic mass is 9.79. The molecule has 0 spiro atoms. The van der Waals surface area contributed by atoms with Crippen LogP contribution in [0.25, 0.3) is 0 Å². The van der Waals surface area contributed by atoms with E-state index in [-0.39, 0.29) is 16.1 Å². The van der Waals surface area contributed by atoms with E-state index < -0.39 is 10.0 Å². The minimum Gasteiger partial charge on any atom is -0.295 e. The summed E-state index contributed by atoms with van der Waals surface area (Å²) >= 11 is 0. The van der Waals surface area contributed by atoms with Crippen LogP contribution in [0.2, 0.25) is 0 Å². The van der Waals surface area contributed by atoms with Crippen molar-refractivity contribution in [1.82, 2.24) is 4.31 Å². The summed E-state index contributed by atoms with van der Waals surface area (Å²) in [7, 11) is -3.50. The van der Waals surface area contributed by atoms with Crippen molar-refractivity contribution in [2.24, 2.45) is 5.41 Å². The maximum Gasteiger partial charge on any atom is 0.243 e. The highest BCUT2D eigenvalue weighted by Gasteiger charge is 2.34. The molecule has 1 fully saturated rings. The second kappa shape index (κ2) is 5.89. The van der Waals surface area contributed by atoms with Crippen molar-refractivity contribution in [3.63, 3.8) is 0 Å². The molecule has 1 aromatic rings. The van der Waals surface area contributed by atoms with Crippen LogP contribution in [0, 0.1) is 5.41 Å². The highest BCUT2D eigenvalue weighted by molar-refractivity contribution is 7.89. The van der Waals surface area contributed by atoms with E-state index >= 15 is 0 Å². The fourth-order valence-electron chi connectivity index (χ4n) is 2.64. The summed E-state index contributed by atoms with van der Waals surface area (Å²) in [6, 6.07) is 6.32. The fourth-order valence-corrected chi connectivity index (χ4v) is 4.13. The third kappa shape index (κ3) is 3.35. The SMILES string of the molecule is CCC1(C)CCN(S(=O)(=O)c2cccc(C(C)=O)c2)CC1. The predicted octanol–water partition coefficient (Wildman–Crippen LogP) is 3.09. The van der Waals surface area contributed by atoms with Crippen LogP contribution >= 0.6 is 0 Å². The molecule has 4 nitrogen and oxygen atoms in total. The topological polar surface area (TPSA) is 54.5 Å². The van der Waals surface area contributed by atoms with Gasteiger partial charge in [0.05, 0.1) is 4.90 Å². The maximum absolute atomic E-state index is 12.7. The summed E-state index contributed by atoms with van der Waals surface area (Å²) in [4.78, 5) is 11.6. The van der Waals surface area contributed by atoms with E-state index in [9.17, 15) is 13.2 Å². The Hall–Kier alpha value is -1.20. The van der Waals surface area contributed by atoms with Crippen molar-refractivity contribution in [1.29, 1.82) is 0 Å². The lowest BCUT2D eigenvalue weighted by Gasteiger charge is -2.38. The van der Waals surface area contributed by atoms with Gasteiger partial charge in [-0.2, -0.15) is 4.31 Å². The van der Waals surface area contributed by atoms with Gasteiger partial charge in [0.2, 0.25) is 10.0 Å². The molecule has 2 rings (SSSR count). The molecule has 0 saturated carbocycles. The first-order valence-electron chi connectivity index (χ1n) is 7.40. The van der Waals surface area contributed by atoms with Crippen LogP contribution in [0.3, 0.4) is 0 Å². The van der Waals surface area contributed by atoms with Crippen molar-refractivity contribution >= 4 is 15.8 Å². The van der Waals surface area contributed by atoms with Gasteiger partial charge in [-0.05, 0) is 37.3 Å². The van der Waals surface area contributed by atoms with Gasteiger partial charge in [0.1, 0.15) is 0 Å². The van der Waals surface area contributed by atoms with E-state index in [1.165, 1.54) is 13.0 Å². The van der Waals surface area contributed by atoms with Gasteiger partial charge in [0.25, 0.3) is 0 Å². The fraction of sp³-hybridized carbons (Fsp3) is 0.562. The van der Waals surface area contributed by atoms with Crippen LogP contribution < -0.4 is 0 Å². The highest BCUT2D eigenvalue weighted by Crippen LogP contribution is 2.35. The molecular formula is C16H23NO3S. The van der Waals surface area contributed by atoms with Crippen molar-refractivity contribution in [2.45, 2.75) is 44.9 Å². The molecular weight excluding hydrogens is 286 g/mol. The minimum absolute atomic E-state index is 0.121. The summed E-state index contributed by atoms with van der Waals surface area (Å²) < 4.78 is 26.9. The number of nitrogens with zero attached hydrogens (tertiary/aromatic N) is 1. The summed E-state index contributed by atoms with van der Waals surface area (Å²) in [5.41, 5.74) is 0.680. The van der Waals surface area contributed by atoms with Gasteiger partial charge in [-0.1, -0.05) is 32.4 Å². The number of piperidine rings is 1. The van der Waals surface area contributed by atoms with Crippen LogP contribution in [-0.2, 0) is 10.0 Å². The average molecular weight is 309 g/mol. The molecule has 0 N–H and O–H groups in total. The standard InChI is InChI=1S/C16H23NO3S/c1-4-16(3)8-10-17(11-9-16)21(19,20)15-7-5-6-14(12-15)13(2)18/h5-7,12H,4,8-11H2,1-3H3. The first-order valence-corrected chi connectivity index (χ1v) is 8.84. The van der Waals surface area contributed by atoms with Crippen molar-refractivity contribution in [3.05, 3.63) is 29.8 Å². The monoisotopic (exact) mass is 309 g/mol. The first-order chi connectivity index (χ1) is 9.78. The van der Waals surface area contributed by atoms with Crippen LogP contribution in [-0.4, -0.2) is 31.6 Å². The normalized spacial score (nSPS) is 19.4. The Morgan fingerprint density at radius 1 is 1.29 bits per heavy atom. The number of ketones is 1. The Labute approximate surface area is 127 Å². The van der Waals surface area contributed by atoms with Crippen LogP contribution in [0.1, 0.15) is 50.4 Å². The van der Waals surface area contributed by atoms with E-state index in [0.717, 1.165) is 19.3 Å². The van der Waals surface area contributed by atoms with Gasteiger partial charge in [-0.25, -0.2) is 8.42 Å². The Kier molecular flexibility index (Phi) is 4.54. The van der Waals surface area contributed by atoms with Crippen LogP contribution in [0.5, 0.6) is 0 Å². The van der Waals surface area contributed by atoms with Crippen molar-refractivity contribution in [3.8, 4) is 0 Å². The van der Waals surface area contributed by atoms with Crippen molar-refractivity contribution < 1.29 is 13.2 Å². The number of sulfonamides is 1. The zero-order chi connectivity index (χ0) is 15.7. The van der Waals surface area contributed by atoms with Gasteiger partial charge >= 0.3 is 0 Å². The van der Waals surface area contributed by atoms with Gasteiger partial charge in [0.15, 0.2) is 5.78 Å². The predicted molar refractivity (Wildman–Crippen MR) is 82.8 cm³/mol. The molecule has 1 aromatic carbocycles. The van der Waals surface area contributed by atoms with E-state index in [1.54, 1.807) is 22.5 Å².